The molecule has 0 spiro atoms. The molecule has 0 radical (unpaired) electrons. The third kappa shape index (κ3) is 6.94. The first kappa shape index (κ1) is 24.7. The third-order valence-corrected chi connectivity index (χ3v) is 4.98. The van der Waals surface area contributed by atoms with Crippen molar-refractivity contribution in [1.82, 2.24) is 10.2 Å². The van der Waals surface area contributed by atoms with Crippen LogP contribution in [0.3, 0.4) is 0 Å². The molecule has 154 valence electrons. The van der Waals surface area contributed by atoms with Crippen molar-refractivity contribution >= 4 is 48.0 Å². The van der Waals surface area contributed by atoms with E-state index in [1.165, 1.54) is 5.56 Å². The zero-order chi connectivity index (χ0) is 18.4. The summed E-state index contributed by atoms with van der Waals surface area (Å²) in [4.78, 5) is 16.5. The number of hydrogen-bond acceptors (Lipinski definition) is 3. The Hall–Kier alpha value is -1.30. The van der Waals surface area contributed by atoms with Crippen molar-refractivity contribution < 1.29 is 4.79 Å². The van der Waals surface area contributed by atoms with Gasteiger partial charge in [0, 0.05) is 56.9 Å². The van der Waals surface area contributed by atoms with Gasteiger partial charge in [0.05, 0.1) is 0 Å². The van der Waals surface area contributed by atoms with Gasteiger partial charge in [-0.25, -0.2) is 0 Å². The molecule has 4 nitrogen and oxygen atoms in total. The number of nitrogens with zero attached hydrogens (tertiary/aromatic N) is 2. The van der Waals surface area contributed by atoms with Gasteiger partial charge in [-0.2, -0.15) is 0 Å². The molecule has 0 bridgehead atoms. The summed E-state index contributed by atoms with van der Waals surface area (Å²) < 4.78 is 0. The summed E-state index contributed by atoms with van der Waals surface area (Å²) in [5.74, 6) is 0.0578. The van der Waals surface area contributed by atoms with Crippen molar-refractivity contribution in [2.75, 3.05) is 31.1 Å². The minimum absolute atomic E-state index is 0. The van der Waals surface area contributed by atoms with E-state index in [0.717, 1.165) is 50.4 Å². The van der Waals surface area contributed by atoms with E-state index >= 15 is 0 Å². The first-order chi connectivity index (χ1) is 12.6. The van der Waals surface area contributed by atoms with E-state index in [1.807, 2.05) is 29.2 Å². The maximum atomic E-state index is 12.2. The molecule has 28 heavy (non-hydrogen) atoms. The zero-order valence-electron chi connectivity index (χ0n) is 16.1. The molecule has 2 aromatic rings. The van der Waals surface area contributed by atoms with Crippen LogP contribution in [0, 0.1) is 0 Å². The number of hydrogen-bond donors (Lipinski definition) is 1. The fourth-order valence-corrected chi connectivity index (χ4v) is 3.58. The standard InChI is InChI=1S/C21H26ClN3O.2ClH/c1-17(26)25-12-5-11-24(16-18-6-3-2-4-7-18)13-10-23-15-19-8-9-20(22)14-21(19)25;;/h2-4,6-9,14,23H,5,10-13,15-16H2,1H3;2*1H. The highest BCUT2D eigenvalue weighted by molar-refractivity contribution is 6.31. The smallest absolute Gasteiger partial charge is 0.223 e. The van der Waals surface area contributed by atoms with Gasteiger partial charge in [-0.1, -0.05) is 48.0 Å². The van der Waals surface area contributed by atoms with Gasteiger partial charge in [-0.3, -0.25) is 9.69 Å². The van der Waals surface area contributed by atoms with Gasteiger partial charge >= 0.3 is 0 Å². The molecule has 0 aliphatic carbocycles. The lowest BCUT2D eigenvalue weighted by molar-refractivity contribution is -0.116. The van der Waals surface area contributed by atoms with Crippen LogP contribution in [0.15, 0.2) is 48.5 Å². The highest BCUT2D eigenvalue weighted by Gasteiger charge is 2.17. The van der Waals surface area contributed by atoms with Gasteiger partial charge in [0.2, 0.25) is 5.91 Å². The molecule has 2 aromatic carbocycles. The maximum absolute atomic E-state index is 12.2. The zero-order valence-corrected chi connectivity index (χ0v) is 18.5. The van der Waals surface area contributed by atoms with Crippen molar-refractivity contribution in [2.24, 2.45) is 0 Å². The number of halogens is 3. The van der Waals surface area contributed by atoms with Crippen molar-refractivity contribution in [3.05, 3.63) is 64.7 Å². The summed E-state index contributed by atoms with van der Waals surface area (Å²) in [5.41, 5.74) is 3.36. The fourth-order valence-electron chi connectivity index (χ4n) is 3.41. The molecule has 3 rings (SSSR count). The second-order valence-corrected chi connectivity index (χ2v) is 7.17. The molecule has 1 aliphatic rings. The first-order valence-electron chi connectivity index (χ1n) is 9.17. The van der Waals surface area contributed by atoms with Gasteiger partial charge < -0.3 is 10.2 Å². The maximum Gasteiger partial charge on any atom is 0.223 e. The number of fused-ring (bicyclic) bond motifs is 1. The normalized spacial score (nSPS) is 15.4. The molecule has 1 aliphatic heterocycles. The van der Waals surface area contributed by atoms with Gasteiger partial charge in [0.15, 0.2) is 0 Å². The highest BCUT2D eigenvalue weighted by Crippen LogP contribution is 2.26. The molecule has 1 N–H and O–H groups in total. The monoisotopic (exact) mass is 443 g/mol. The van der Waals surface area contributed by atoms with E-state index < -0.39 is 0 Å². The van der Waals surface area contributed by atoms with Crippen LogP contribution in [0.25, 0.3) is 0 Å². The van der Waals surface area contributed by atoms with Crippen molar-refractivity contribution in [3.63, 3.8) is 0 Å². The van der Waals surface area contributed by atoms with Gasteiger partial charge in [0.25, 0.3) is 0 Å². The molecule has 0 fully saturated rings. The highest BCUT2D eigenvalue weighted by atomic mass is 35.5. The molecule has 0 unspecified atom stereocenters. The molecule has 0 aromatic heterocycles. The quantitative estimate of drug-likeness (QED) is 0.739. The van der Waals surface area contributed by atoms with Crippen LogP contribution in [0.1, 0.15) is 24.5 Å². The molecule has 7 heteroatoms. The topological polar surface area (TPSA) is 35.6 Å². The summed E-state index contributed by atoms with van der Waals surface area (Å²) in [6.07, 6.45) is 0.929. The number of amides is 1. The van der Waals surface area contributed by atoms with Crippen LogP contribution in [-0.4, -0.2) is 37.0 Å². The minimum Gasteiger partial charge on any atom is -0.312 e. The van der Waals surface area contributed by atoms with E-state index in [2.05, 4.69) is 34.5 Å². The summed E-state index contributed by atoms with van der Waals surface area (Å²) in [5, 5.41) is 4.17. The van der Waals surface area contributed by atoms with E-state index in [9.17, 15) is 4.79 Å². The Morgan fingerprint density at radius 2 is 1.82 bits per heavy atom. The first-order valence-corrected chi connectivity index (χ1v) is 9.55. The summed E-state index contributed by atoms with van der Waals surface area (Å²) in [6, 6.07) is 16.3. The lowest BCUT2D eigenvalue weighted by Gasteiger charge is -2.25. The number of anilines is 1. The van der Waals surface area contributed by atoms with Gasteiger partial charge in [-0.15, -0.1) is 24.8 Å². The lowest BCUT2D eigenvalue weighted by atomic mass is 10.1. The molecule has 0 atom stereocenters. The van der Waals surface area contributed by atoms with Crippen molar-refractivity contribution in [2.45, 2.75) is 26.4 Å². The van der Waals surface area contributed by atoms with Gasteiger partial charge in [-0.05, 0) is 29.7 Å². The van der Waals surface area contributed by atoms with Crippen LogP contribution in [0.5, 0.6) is 0 Å². The Bertz CT molecular complexity index is 743. The van der Waals surface area contributed by atoms with E-state index in [1.54, 1.807) is 6.92 Å². The van der Waals surface area contributed by atoms with E-state index in [-0.39, 0.29) is 30.7 Å². The number of carbonyl (C=O) groups excluding carboxylic acids is 1. The lowest BCUT2D eigenvalue weighted by Crippen LogP contribution is -2.34. The number of nitrogens with one attached hydrogen (secondary N) is 1. The predicted octanol–water partition coefficient (Wildman–Crippen LogP) is 4.53. The average Bonchev–Trinajstić information content (AvgIpc) is 2.66. The molecule has 1 heterocycles. The molecular weight excluding hydrogens is 417 g/mol. The predicted molar refractivity (Wildman–Crippen MR) is 122 cm³/mol. The Morgan fingerprint density at radius 1 is 1.07 bits per heavy atom. The summed E-state index contributed by atoms with van der Waals surface area (Å²) >= 11 is 6.19. The minimum atomic E-state index is 0. The second kappa shape index (κ2) is 12.3. The van der Waals surface area contributed by atoms with Crippen LogP contribution >= 0.6 is 36.4 Å². The van der Waals surface area contributed by atoms with Gasteiger partial charge in [0.1, 0.15) is 0 Å². The number of carbonyl (C=O) groups is 1. The number of rotatable bonds is 2. The Morgan fingerprint density at radius 3 is 2.54 bits per heavy atom. The number of benzene rings is 2. The van der Waals surface area contributed by atoms with Crippen molar-refractivity contribution in [3.8, 4) is 0 Å². The van der Waals surface area contributed by atoms with E-state index in [0.29, 0.717) is 11.6 Å². The van der Waals surface area contributed by atoms with E-state index in [4.69, 9.17) is 11.6 Å². The van der Waals surface area contributed by atoms with Crippen LogP contribution in [0.2, 0.25) is 5.02 Å². The summed E-state index contributed by atoms with van der Waals surface area (Å²) in [6.45, 7) is 6.84. The Labute approximate surface area is 185 Å². The fraction of sp³-hybridized carbons (Fsp3) is 0.381. The Kier molecular flexibility index (Phi) is 10.9. The average molecular weight is 445 g/mol. The molecule has 1 amide bonds. The second-order valence-electron chi connectivity index (χ2n) is 6.74. The Balaban J connectivity index is 0.00000196. The van der Waals surface area contributed by atoms with Crippen molar-refractivity contribution in [1.29, 1.82) is 0 Å². The van der Waals surface area contributed by atoms with Crippen LogP contribution in [-0.2, 0) is 17.9 Å². The van der Waals surface area contributed by atoms with Crippen LogP contribution in [0.4, 0.5) is 5.69 Å². The largest absolute Gasteiger partial charge is 0.312 e. The molecule has 0 saturated carbocycles. The SMILES string of the molecule is CC(=O)N1CCCN(Cc2ccccc2)CCNCc2ccc(Cl)cc21.Cl.Cl. The summed E-state index contributed by atoms with van der Waals surface area (Å²) in [7, 11) is 0. The molecular formula is C21H28Cl3N3O. The van der Waals surface area contributed by atoms with Crippen LogP contribution < -0.4 is 10.2 Å². The third-order valence-electron chi connectivity index (χ3n) is 4.74. The molecule has 0 saturated heterocycles.